The molecule has 2 nitrogen and oxygen atoms in total. The van der Waals surface area contributed by atoms with Crippen molar-refractivity contribution in [1.29, 1.82) is 5.41 Å². The van der Waals surface area contributed by atoms with Gasteiger partial charge in [0.15, 0.2) is 0 Å². The summed E-state index contributed by atoms with van der Waals surface area (Å²) in [6, 6.07) is 30.1. The van der Waals surface area contributed by atoms with Crippen molar-refractivity contribution in [1.82, 2.24) is 0 Å². The molecule has 0 atom stereocenters. The van der Waals surface area contributed by atoms with E-state index in [4.69, 9.17) is 10.1 Å². The number of ether oxygens (including phenoxy) is 1. The first-order valence-electron chi connectivity index (χ1n) is 9.80. The van der Waals surface area contributed by atoms with Crippen LogP contribution in [0, 0.1) is 5.41 Å². The molecule has 0 radical (unpaired) electrons. The summed E-state index contributed by atoms with van der Waals surface area (Å²) in [6.07, 6.45) is 1.40. The minimum atomic E-state index is 0.540. The van der Waals surface area contributed by atoms with Gasteiger partial charge >= 0.3 is 0 Å². The number of benzene rings is 4. The highest BCUT2D eigenvalue weighted by molar-refractivity contribution is 5.94. The summed E-state index contributed by atoms with van der Waals surface area (Å²) < 4.78 is 5.80. The molecule has 0 amide bonds. The zero-order chi connectivity index (χ0) is 19.8. The van der Waals surface area contributed by atoms with Crippen LogP contribution in [0.15, 0.2) is 90.5 Å². The first-order chi connectivity index (χ1) is 14.2. The van der Waals surface area contributed by atoms with Gasteiger partial charge < -0.3 is 10.1 Å². The third kappa shape index (κ3) is 3.13. The number of hydrogen-bond donors (Lipinski definition) is 1. The quantitative estimate of drug-likeness (QED) is 0.385. The topological polar surface area (TPSA) is 33.1 Å². The van der Waals surface area contributed by atoms with Crippen LogP contribution >= 0.6 is 0 Å². The Balaban J connectivity index is 1.60. The summed E-state index contributed by atoms with van der Waals surface area (Å²) in [5.41, 5.74) is 7.95. The average molecular weight is 375 g/mol. The Labute approximate surface area is 170 Å². The maximum Gasteiger partial charge on any atom is 0.127 e. The Hall–Kier alpha value is -3.65. The van der Waals surface area contributed by atoms with E-state index in [0.717, 1.165) is 28.0 Å². The van der Waals surface area contributed by atoms with Crippen molar-refractivity contribution in [3.8, 4) is 28.0 Å². The minimum absolute atomic E-state index is 0.540. The molecular weight excluding hydrogens is 354 g/mol. The van der Waals surface area contributed by atoms with Gasteiger partial charge in [0.2, 0.25) is 0 Å². The zero-order valence-electron chi connectivity index (χ0n) is 16.3. The Morgan fingerprint density at radius 2 is 1.41 bits per heavy atom. The largest absolute Gasteiger partial charge is 0.488 e. The van der Waals surface area contributed by atoms with Gasteiger partial charge in [-0.1, -0.05) is 60.7 Å². The lowest BCUT2D eigenvalue weighted by Crippen LogP contribution is -1.92. The van der Waals surface area contributed by atoms with E-state index >= 15 is 0 Å². The lowest BCUT2D eigenvalue weighted by molar-refractivity contribution is 0.388. The molecule has 0 aliphatic carbocycles. The highest BCUT2D eigenvalue weighted by atomic mass is 16.5. The van der Waals surface area contributed by atoms with E-state index in [1.807, 2.05) is 19.1 Å². The van der Waals surface area contributed by atoms with E-state index < -0.39 is 0 Å². The first kappa shape index (κ1) is 17.4. The molecule has 0 bridgehead atoms. The van der Waals surface area contributed by atoms with Gasteiger partial charge in [0, 0.05) is 17.4 Å². The molecule has 0 aromatic heterocycles. The predicted molar refractivity (Wildman–Crippen MR) is 122 cm³/mol. The van der Waals surface area contributed by atoms with Crippen LogP contribution in [-0.4, -0.2) is 12.8 Å². The number of nitrogens with one attached hydrogen (secondary N) is 1. The van der Waals surface area contributed by atoms with E-state index in [9.17, 15) is 0 Å². The standard InChI is InChI=1S/C27H21NO/c1-18(16-28)26-17-29-27-12-11-23(15-25(26)27)22-10-8-20-7-9-21(13-24(20)14-22)19-5-3-2-4-6-19/h2-16,28H,17H2,1H3/b26-18-,28-16?. The van der Waals surface area contributed by atoms with Crippen LogP contribution in [0.3, 0.4) is 0 Å². The number of fused-ring (bicyclic) bond motifs is 2. The molecule has 0 saturated heterocycles. The van der Waals surface area contributed by atoms with Crippen LogP contribution in [0.25, 0.3) is 38.6 Å². The highest BCUT2D eigenvalue weighted by Gasteiger charge is 2.20. The van der Waals surface area contributed by atoms with Crippen LogP contribution < -0.4 is 4.74 Å². The van der Waals surface area contributed by atoms with Crippen LogP contribution in [0.2, 0.25) is 0 Å². The van der Waals surface area contributed by atoms with Gasteiger partial charge in [-0.25, -0.2) is 0 Å². The van der Waals surface area contributed by atoms with Gasteiger partial charge in [0.05, 0.1) is 0 Å². The molecule has 0 spiro atoms. The molecule has 140 valence electrons. The van der Waals surface area contributed by atoms with Gasteiger partial charge in [-0.05, 0) is 69.8 Å². The first-order valence-corrected chi connectivity index (χ1v) is 9.80. The van der Waals surface area contributed by atoms with Crippen molar-refractivity contribution in [2.75, 3.05) is 6.61 Å². The second kappa shape index (κ2) is 7.06. The molecule has 1 N–H and O–H groups in total. The monoisotopic (exact) mass is 375 g/mol. The van der Waals surface area contributed by atoms with Crippen molar-refractivity contribution < 1.29 is 4.74 Å². The van der Waals surface area contributed by atoms with E-state index in [1.54, 1.807) is 0 Å². The van der Waals surface area contributed by atoms with E-state index in [1.165, 1.54) is 33.7 Å². The molecule has 0 unspecified atom stereocenters. The van der Waals surface area contributed by atoms with Crippen molar-refractivity contribution in [2.24, 2.45) is 0 Å². The van der Waals surface area contributed by atoms with Gasteiger partial charge in [-0.3, -0.25) is 0 Å². The average Bonchev–Trinajstić information content (AvgIpc) is 3.21. The molecule has 29 heavy (non-hydrogen) atoms. The molecule has 0 fully saturated rings. The van der Waals surface area contributed by atoms with Crippen molar-refractivity contribution in [3.05, 3.63) is 96.1 Å². The maximum absolute atomic E-state index is 7.58. The SMILES string of the molecule is C/C(C=N)=C1\COc2ccc(-c3ccc4ccc(-c5ccccc5)cc4c3)cc21. The molecular formula is C27H21NO. The number of rotatable bonds is 3. The summed E-state index contributed by atoms with van der Waals surface area (Å²) >= 11 is 0. The normalized spacial score (nSPS) is 14.4. The molecule has 4 aromatic rings. The van der Waals surface area contributed by atoms with Gasteiger partial charge in [-0.15, -0.1) is 0 Å². The van der Waals surface area contributed by atoms with Crippen molar-refractivity contribution in [2.45, 2.75) is 6.92 Å². The fourth-order valence-corrected chi connectivity index (χ4v) is 3.95. The van der Waals surface area contributed by atoms with Gasteiger partial charge in [-0.2, -0.15) is 0 Å². The molecule has 1 heterocycles. The third-order valence-electron chi connectivity index (χ3n) is 5.65. The molecule has 1 aliphatic heterocycles. The Bertz CT molecular complexity index is 1270. The summed E-state index contributed by atoms with van der Waals surface area (Å²) in [6.45, 7) is 2.51. The number of hydrogen-bond acceptors (Lipinski definition) is 2. The second-order valence-corrected chi connectivity index (χ2v) is 7.45. The van der Waals surface area contributed by atoms with Crippen molar-refractivity contribution >= 4 is 22.6 Å². The van der Waals surface area contributed by atoms with Crippen LogP contribution in [0.5, 0.6) is 5.75 Å². The van der Waals surface area contributed by atoms with Crippen LogP contribution in [0.1, 0.15) is 12.5 Å². The zero-order valence-corrected chi connectivity index (χ0v) is 16.3. The lowest BCUT2D eigenvalue weighted by Gasteiger charge is -2.09. The summed E-state index contributed by atoms with van der Waals surface area (Å²) in [4.78, 5) is 0. The van der Waals surface area contributed by atoms with E-state index in [-0.39, 0.29) is 0 Å². The van der Waals surface area contributed by atoms with Gasteiger partial charge in [0.1, 0.15) is 12.4 Å². The molecule has 2 heteroatoms. The Morgan fingerprint density at radius 1 is 0.759 bits per heavy atom. The predicted octanol–water partition coefficient (Wildman–Crippen LogP) is 6.99. The fourth-order valence-electron chi connectivity index (χ4n) is 3.95. The molecule has 1 aliphatic rings. The van der Waals surface area contributed by atoms with Gasteiger partial charge in [0.25, 0.3) is 0 Å². The third-order valence-corrected chi connectivity index (χ3v) is 5.65. The van der Waals surface area contributed by atoms with E-state index in [0.29, 0.717) is 6.61 Å². The maximum atomic E-state index is 7.58. The summed E-state index contributed by atoms with van der Waals surface area (Å²) in [5, 5.41) is 10.0. The van der Waals surface area contributed by atoms with E-state index in [2.05, 4.69) is 72.8 Å². The van der Waals surface area contributed by atoms with Crippen LogP contribution in [0.4, 0.5) is 0 Å². The smallest absolute Gasteiger partial charge is 0.127 e. The highest BCUT2D eigenvalue weighted by Crippen LogP contribution is 2.38. The Morgan fingerprint density at radius 3 is 2.14 bits per heavy atom. The lowest BCUT2D eigenvalue weighted by atomic mass is 9.95. The summed E-state index contributed by atoms with van der Waals surface area (Å²) in [7, 11) is 0. The van der Waals surface area contributed by atoms with Crippen LogP contribution in [-0.2, 0) is 0 Å². The minimum Gasteiger partial charge on any atom is -0.488 e. The van der Waals surface area contributed by atoms with Crippen molar-refractivity contribution in [3.63, 3.8) is 0 Å². The molecule has 0 saturated carbocycles. The molecule has 5 rings (SSSR count). The fraction of sp³-hybridized carbons (Fsp3) is 0.0741. The summed E-state index contributed by atoms with van der Waals surface area (Å²) in [5.74, 6) is 0.900. The second-order valence-electron chi connectivity index (χ2n) is 7.45. The Kier molecular flexibility index (Phi) is 4.25. The molecule has 4 aromatic carbocycles. The number of allylic oxidation sites excluding steroid dienone is 1.